The Labute approximate surface area is 139 Å². The molecule has 2 rings (SSSR count). The van der Waals surface area contributed by atoms with Gasteiger partial charge in [-0.1, -0.05) is 24.3 Å². The van der Waals surface area contributed by atoms with E-state index in [1.165, 1.54) is 18.3 Å². The summed E-state index contributed by atoms with van der Waals surface area (Å²) in [6.07, 6.45) is 1.49. The SMILES string of the molecule is Cc1cccc(NC(=O)CCC(=O)N/N=C/c2ccc(F)cc2)c1. The molecule has 0 atom stereocenters. The van der Waals surface area contributed by atoms with Gasteiger partial charge in [0, 0.05) is 18.5 Å². The molecule has 0 fully saturated rings. The summed E-state index contributed by atoms with van der Waals surface area (Å²) in [7, 11) is 0. The van der Waals surface area contributed by atoms with Gasteiger partial charge in [0.25, 0.3) is 0 Å². The van der Waals surface area contributed by atoms with Gasteiger partial charge in [-0.25, -0.2) is 9.82 Å². The fraction of sp³-hybridized carbons (Fsp3) is 0.167. The van der Waals surface area contributed by atoms with Crippen LogP contribution in [0.2, 0.25) is 0 Å². The van der Waals surface area contributed by atoms with Gasteiger partial charge >= 0.3 is 0 Å². The average molecular weight is 327 g/mol. The first kappa shape index (κ1) is 17.3. The van der Waals surface area contributed by atoms with Crippen LogP contribution in [0.5, 0.6) is 0 Å². The quantitative estimate of drug-likeness (QED) is 0.632. The van der Waals surface area contributed by atoms with Gasteiger partial charge < -0.3 is 5.32 Å². The van der Waals surface area contributed by atoms with E-state index < -0.39 is 0 Å². The zero-order chi connectivity index (χ0) is 17.4. The Kier molecular flexibility index (Phi) is 6.19. The molecule has 0 bridgehead atoms. The van der Waals surface area contributed by atoms with Gasteiger partial charge in [0.05, 0.1) is 6.21 Å². The highest BCUT2D eigenvalue weighted by molar-refractivity contribution is 5.93. The normalized spacial score (nSPS) is 10.6. The molecule has 0 aliphatic rings. The Balaban J connectivity index is 1.72. The summed E-state index contributed by atoms with van der Waals surface area (Å²) in [5, 5.41) is 6.50. The highest BCUT2D eigenvalue weighted by atomic mass is 19.1. The second-order valence-electron chi connectivity index (χ2n) is 5.26. The number of hydrogen-bond donors (Lipinski definition) is 2. The van der Waals surface area contributed by atoms with E-state index >= 15 is 0 Å². The molecule has 0 unspecified atom stereocenters. The number of hydrazone groups is 1. The summed E-state index contributed by atoms with van der Waals surface area (Å²) in [6, 6.07) is 13.1. The molecule has 0 aliphatic carbocycles. The van der Waals surface area contributed by atoms with E-state index in [2.05, 4.69) is 15.8 Å². The van der Waals surface area contributed by atoms with Gasteiger partial charge in [-0.2, -0.15) is 5.10 Å². The highest BCUT2D eigenvalue weighted by Gasteiger charge is 2.06. The number of benzene rings is 2. The van der Waals surface area contributed by atoms with Crippen molar-refractivity contribution < 1.29 is 14.0 Å². The van der Waals surface area contributed by atoms with Crippen LogP contribution in [0.4, 0.5) is 10.1 Å². The number of carbonyl (C=O) groups is 2. The third-order valence-electron chi connectivity index (χ3n) is 3.15. The van der Waals surface area contributed by atoms with E-state index in [1.54, 1.807) is 18.2 Å². The number of rotatable bonds is 6. The number of carbonyl (C=O) groups excluding carboxylic acids is 2. The van der Waals surface area contributed by atoms with Crippen molar-refractivity contribution in [2.45, 2.75) is 19.8 Å². The number of anilines is 1. The molecule has 2 aromatic carbocycles. The van der Waals surface area contributed by atoms with Crippen molar-refractivity contribution in [2.75, 3.05) is 5.32 Å². The van der Waals surface area contributed by atoms with E-state index in [-0.39, 0.29) is 30.5 Å². The summed E-state index contributed by atoms with van der Waals surface area (Å²) >= 11 is 0. The Hall–Kier alpha value is -3.02. The summed E-state index contributed by atoms with van der Waals surface area (Å²) in [5.41, 5.74) is 4.74. The van der Waals surface area contributed by atoms with Crippen LogP contribution in [0.1, 0.15) is 24.0 Å². The van der Waals surface area contributed by atoms with Gasteiger partial charge in [-0.3, -0.25) is 9.59 Å². The van der Waals surface area contributed by atoms with Gasteiger partial charge in [0.1, 0.15) is 5.82 Å². The first-order valence-electron chi connectivity index (χ1n) is 7.47. The van der Waals surface area contributed by atoms with Crippen molar-refractivity contribution in [1.82, 2.24) is 5.43 Å². The number of nitrogens with zero attached hydrogens (tertiary/aromatic N) is 1. The molecule has 0 spiro atoms. The summed E-state index contributed by atoms with van der Waals surface area (Å²) in [4.78, 5) is 23.4. The van der Waals surface area contributed by atoms with Crippen LogP contribution in [0.3, 0.4) is 0 Å². The van der Waals surface area contributed by atoms with E-state index in [0.29, 0.717) is 11.3 Å². The molecule has 0 aromatic heterocycles. The third kappa shape index (κ3) is 6.00. The fourth-order valence-electron chi connectivity index (χ4n) is 1.96. The number of hydrogen-bond acceptors (Lipinski definition) is 3. The van der Waals surface area contributed by atoms with Crippen molar-refractivity contribution in [1.29, 1.82) is 0 Å². The van der Waals surface area contributed by atoms with Crippen molar-refractivity contribution in [2.24, 2.45) is 5.10 Å². The standard InChI is InChI=1S/C18H18FN3O2/c1-13-3-2-4-16(11-13)21-17(23)9-10-18(24)22-20-12-14-5-7-15(19)8-6-14/h2-8,11-12H,9-10H2,1H3,(H,21,23)(H,22,24)/b20-12+. The maximum Gasteiger partial charge on any atom is 0.240 e. The van der Waals surface area contributed by atoms with E-state index in [1.807, 2.05) is 25.1 Å². The molecule has 0 saturated carbocycles. The smallest absolute Gasteiger partial charge is 0.240 e. The van der Waals surface area contributed by atoms with Crippen LogP contribution in [0.15, 0.2) is 53.6 Å². The fourth-order valence-corrected chi connectivity index (χ4v) is 1.96. The van der Waals surface area contributed by atoms with Gasteiger partial charge in [0.15, 0.2) is 0 Å². The zero-order valence-electron chi connectivity index (χ0n) is 13.3. The van der Waals surface area contributed by atoms with Crippen LogP contribution in [0, 0.1) is 12.7 Å². The minimum Gasteiger partial charge on any atom is -0.326 e. The van der Waals surface area contributed by atoms with Crippen LogP contribution in [-0.4, -0.2) is 18.0 Å². The Bertz CT molecular complexity index is 742. The van der Waals surface area contributed by atoms with Gasteiger partial charge in [-0.15, -0.1) is 0 Å². The third-order valence-corrected chi connectivity index (χ3v) is 3.15. The van der Waals surface area contributed by atoms with Crippen molar-refractivity contribution in [3.8, 4) is 0 Å². The molecular weight excluding hydrogens is 309 g/mol. The molecule has 0 heterocycles. The number of aryl methyl sites for hydroxylation is 1. The highest BCUT2D eigenvalue weighted by Crippen LogP contribution is 2.10. The Morgan fingerprint density at radius 1 is 1.08 bits per heavy atom. The van der Waals surface area contributed by atoms with Gasteiger partial charge in [-0.05, 0) is 42.3 Å². The van der Waals surface area contributed by atoms with Crippen molar-refractivity contribution in [3.05, 3.63) is 65.5 Å². The van der Waals surface area contributed by atoms with E-state index in [4.69, 9.17) is 0 Å². The lowest BCUT2D eigenvalue weighted by atomic mass is 10.2. The lowest BCUT2D eigenvalue weighted by molar-refractivity contribution is -0.124. The average Bonchev–Trinajstić information content (AvgIpc) is 2.55. The predicted molar refractivity (Wildman–Crippen MR) is 91.2 cm³/mol. The summed E-state index contributed by atoms with van der Waals surface area (Å²) in [5.74, 6) is -0.943. The molecule has 124 valence electrons. The second kappa shape index (κ2) is 8.57. The minimum absolute atomic E-state index is 0.0262. The molecule has 2 aromatic rings. The van der Waals surface area contributed by atoms with E-state index in [9.17, 15) is 14.0 Å². The summed E-state index contributed by atoms with van der Waals surface area (Å²) < 4.78 is 12.7. The maximum atomic E-state index is 12.7. The monoisotopic (exact) mass is 327 g/mol. The molecule has 5 nitrogen and oxygen atoms in total. The van der Waals surface area contributed by atoms with Crippen LogP contribution < -0.4 is 10.7 Å². The molecule has 0 aliphatic heterocycles. The van der Waals surface area contributed by atoms with E-state index in [0.717, 1.165) is 5.56 Å². The molecule has 0 saturated heterocycles. The molecular formula is C18H18FN3O2. The number of amides is 2. The Morgan fingerprint density at radius 3 is 2.50 bits per heavy atom. The topological polar surface area (TPSA) is 70.6 Å². The minimum atomic E-state index is -0.368. The second-order valence-corrected chi connectivity index (χ2v) is 5.26. The summed E-state index contributed by atoms with van der Waals surface area (Å²) in [6.45, 7) is 1.93. The molecule has 6 heteroatoms. The lowest BCUT2D eigenvalue weighted by Gasteiger charge is -2.05. The van der Waals surface area contributed by atoms with Crippen LogP contribution in [0.25, 0.3) is 0 Å². The molecule has 2 amide bonds. The molecule has 0 radical (unpaired) electrons. The zero-order valence-corrected chi connectivity index (χ0v) is 13.3. The van der Waals surface area contributed by atoms with Crippen LogP contribution >= 0.6 is 0 Å². The number of halogens is 1. The Morgan fingerprint density at radius 2 is 1.79 bits per heavy atom. The maximum absolute atomic E-state index is 12.7. The van der Waals surface area contributed by atoms with Crippen molar-refractivity contribution >= 4 is 23.7 Å². The first-order chi connectivity index (χ1) is 11.5. The van der Waals surface area contributed by atoms with Gasteiger partial charge in [0.2, 0.25) is 11.8 Å². The molecule has 2 N–H and O–H groups in total. The number of nitrogens with one attached hydrogen (secondary N) is 2. The molecule has 24 heavy (non-hydrogen) atoms. The largest absolute Gasteiger partial charge is 0.326 e. The van der Waals surface area contributed by atoms with Crippen molar-refractivity contribution in [3.63, 3.8) is 0 Å². The van der Waals surface area contributed by atoms with Crippen LogP contribution in [-0.2, 0) is 9.59 Å². The lowest BCUT2D eigenvalue weighted by Crippen LogP contribution is -2.20. The predicted octanol–water partition coefficient (Wildman–Crippen LogP) is 3.00. The first-order valence-corrected chi connectivity index (χ1v) is 7.47.